The summed E-state index contributed by atoms with van der Waals surface area (Å²) < 4.78 is 13.6. The maximum absolute atomic E-state index is 12.7. The molecule has 1 fully saturated rings. The van der Waals surface area contributed by atoms with Gasteiger partial charge in [-0.1, -0.05) is 36.4 Å². The van der Waals surface area contributed by atoms with Gasteiger partial charge in [-0.3, -0.25) is 0 Å². The van der Waals surface area contributed by atoms with Gasteiger partial charge in [0.15, 0.2) is 0 Å². The Morgan fingerprint density at radius 3 is 2.50 bits per heavy atom. The number of ether oxygens (including phenoxy) is 2. The maximum Gasteiger partial charge on any atom is 0.410 e. The van der Waals surface area contributed by atoms with Crippen molar-refractivity contribution in [3.05, 3.63) is 83.3 Å². The predicted molar refractivity (Wildman–Crippen MR) is 115 cm³/mol. The van der Waals surface area contributed by atoms with Gasteiger partial charge in [-0.15, -0.1) is 0 Å². The third-order valence-electron chi connectivity index (χ3n) is 5.52. The van der Waals surface area contributed by atoms with Crippen LogP contribution in [-0.2, 0) is 16.1 Å². The Kier molecular flexibility index (Phi) is 5.86. The fraction of sp³-hybridized carbons (Fsp3) is 0.333. The molecule has 0 unspecified atom stereocenters. The molecule has 0 bridgehead atoms. The second-order valence-corrected chi connectivity index (χ2v) is 7.76. The summed E-state index contributed by atoms with van der Waals surface area (Å²) in [5.74, 6) is 0.877. The van der Waals surface area contributed by atoms with Crippen LogP contribution in [0.5, 0.6) is 0 Å². The largest absolute Gasteiger partial charge is 0.445 e. The van der Waals surface area contributed by atoms with Gasteiger partial charge in [-0.25, -0.2) is 9.78 Å². The molecule has 1 aliphatic rings. The van der Waals surface area contributed by atoms with E-state index < -0.39 is 0 Å². The Bertz CT molecular complexity index is 979. The van der Waals surface area contributed by atoms with Crippen molar-refractivity contribution in [1.29, 1.82) is 0 Å². The van der Waals surface area contributed by atoms with E-state index >= 15 is 0 Å². The molecule has 0 radical (unpaired) electrons. The Morgan fingerprint density at radius 2 is 1.83 bits per heavy atom. The van der Waals surface area contributed by atoms with Crippen molar-refractivity contribution in [2.75, 3.05) is 13.2 Å². The molecule has 4 rings (SSSR count). The highest BCUT2D eigenvalue weighted by Crippen LogP contribution is 2.26. The van der Waals surface area contributed by atoms with Gasteiger partial charge < -0.3 is 18.9 Å². The first-order valence-corrected chi connectivity index (χ1v) is 10.2. The molecule has 6 nitrogen and oxygen atoms in total. The summed E-state index contributed by atoms with van der Waals surface area (Å²) in [6.07, 6.45) is 1.30. The van der Waals surface area contributed by atoms with Crippen molar-refractivity contribution in [2.45, 2.75) is 39.5 Å². The van der Waals surface area contributed by atoms with Crippen LogP contribution in [0.4, 0.5) is 4.79 Å². The molecule has 0 spiro atoms. The molecule has 1 aliphatic heterocycles. The molecule has 156 valence electrons. The van der Waals surface area contributed by atoms with E-state index in [-0.39, 0.29) is 24.8 Å². The molecule has 1 aromatic carbocycles. The van der Waals surface area contributed by atoms with Crippen molar-refractivity contribution in [3.8, 4) is 5.82 Å². The van der Waals surface area contributed by atoms with E-state index in [4.69, 9.17) is 9.47 Å². The quantitative estimate of drug-likeness (QED) is 0.637. The molecular formula is C24H27N3O3. The molecule has 1 amide bonds. The number of carbonyl (C=O) groups excluding carboxylic acids is 1. The van der Waals surface area contributed by atoms with Crippen molar-refractivity contribution in [3.63, 3.8) is 0 Å². The van der Waals surface area contributed by atoms with Crippen molar-refractivity contribution < 1.29 is 14.3 Å². The van der Waals surface area contributed by atoms with E-state index in [9.17, 15) is 4.79 Å². The monoisotopic (exact) mass is 405 g/mol. The SMILES string of the molecule is Cc1ccc(C)n1-c1ccc([C@@H]2CN(C(=O)OCc3ccccc3)[C@H](C)CO2)cn1. The Hall–Kier alpha value is -3.12. The topological polar surface area (TPSA) is 56.6 Å². The summed E-state index contributed by atoms with van der Waals surface area (Å²) in [7, 11) is 0. The van der Waals surface area contributed by atoms with Gasteiger partial charge in [0.2, 0.25) is 0 Å². The van der Waals surface area contributed by atoms with Gasteiger partial charge in [0.05, 0.1) is 19.2 Å². The Morgan fingerprint density at radius 1 is 1.10 bits per heavy atom. The first-order valence-electron chi connectivity index (χ1n) is 10.2. The van der Waals surface area contributed by atoms with E-state index in [1.807, 2.05) is 55.6 Å². The summed E-state index contributed by atoms with van der Waals surface area (Å²) in [6, 6.07) is 17.8. The van der Waals surface area contributed by atoms with Gasteiger partial charge in [-0.2, -0.15) is 0 Å². The number of amides is 1. The number of hydrogen-bond donors (Lipinski definition) is 0. The summed E-state index contributed by atoms with van der Waals surface area (Å²) in [5.41, 5.74) is 4.21. The van der Waals surface area contributed by atoms with Crippen LogP contribution >= 0.6 is 0 Å². The minimum absolute atomic E-state index is 0.0399. The molecule has 0 saturated carbocycles. The molecule has 2 aromatic heterocycles. The third-order valence-corrected chi connectivity index (χ3v) is 5.52. The van der Waals surface area contributed by atoms with Gasteiger partial charge in [0.1, 0.15) is 18.5 Å². The standard InChI is InChI=1S/C24H27N3O3/c1-17-9-10-18(2)27(17)23-12-11-21(13-25-23)22-14-26(19(3)15-29-22)24(28)30-16-20-7-5-4-6-8-20/h4-13,19,22H,14-16H2,1-3H3/t19-,22+/m1/s1. The Balaban J connectivity index is 1.43. The van der Waals surface area contributed by atoms with E-state index in [0.717, 1.165) is 28.3 Å². The van der Waals surface area contributed by atoms with E-state index in [1.165, 1.54) is 0 Å². The highest BCUT2D eigenvalue weighted by molar-refractivity contribution is 5.68. The maximum atomic E-state index is 12.7. The number of morpholine rings is 1. The number of nitrogens with zero attached hydrogens (tertiary/aromatic N) is 3. The lowest BCUT2D eigenvalue weighted by Gasteiger charge is -2.37. The summed E-state index contributed by atoms with van der Waals surface area (Å²) in [6.45, 7) is 7.26. The lowest BCUT2D eigenvalue weighted by atomic mass is 10.1. The second-order valence-electron chi connectivity index (χ2n) is 7.76. The van der Waals surface area contributed by atoms with E-state index in [1.54, 1.807) is 4.90 Å². The second kappa shape index (κ2) is 8.71. The molecule has 6 heteroatoms. The fourth-order valence-electron chi connectivity index (χ4n) is 3.77. The number of aromatic nitrogens is 2. The number of aryl methyl sites for hydroxylation is 2. The molecule has 3 heterocycles. The van der Waals surface area contributed by atoms with Crippen LogP contribution in [0.2, 0.25) is 0 Å². The van der Waals surface area contributed by atoms with Crippen molar-refractivity contribution in [1.82, 2.24) is 14.5 Å². The van der Waals surface area contributed by atoms with Gasteiger partial charge in [0, 0.05) is 23.1 Å². The number of pyridine rings is 1. The first-order chi connectivity index (χ1) is 14.5. The van der Waals surface area contributed by atoms with Crippen molar-refractivity contribution >= 4 is 6.09 Å². The van der Waals surface area contributed by atoms with Crippen LogP contribution in [0, 0.1) is 13.8 Å². The summed E-state index contributed by atoms with van der Waals surface area (Å²) in [5, 5.41) is 0. The van der Waals surface area contributed by atoms with Gasteiger partial charge in [-0.05, 0) is 44.5 Å². The predicted octanol–water partition coefficient (Wildman–Crippen LogP) is 4.59. The first kappa shape index (κ1) is 20.2. The van der Waals surface area contributed by atoms with E-state index in [0.29, 0.717) is 13.2 Å². The molecular weight excluding hydrogens is 378 g/mol. The molecule has 0 aliphatic carbocycles. The normalized spacial score (nSPS) is 19.0. The highest BCUT2D eigenvalue weighted by atomic mass is 16.6. The lowest BCUT2D eigenvalue weighted by molar-refractivity contribution is -0.0562. The fourth-order valence-corrected chi connectivity index (χ4v) is 3.77. The highest BCUT2D eigenvalue weighted by Gasteiger charge is 2.31. The van der Waals surface area contributed by atoms with Gasteiger partial charge >= 0.3 is 6.09 Å². The molecule has 1 saturated heterocycles. The van der Waals surface area contributed by atoms with Crippen LogP contribution in [0.25, 0.3) is 5.82 Å². The zero-order valence-corrected chi connectivity index (χ0v) is 17.6. The van der Waals surface area contributed by atoms with Crippen LogP contribution in [0.3, 0.4) is 0 Å². The number of rotatable bonds is 4. The summed E-state index contributed by atoms with van der Waals surface area (Å²) in [4.78, 5) is 19.0. The average Bonchev–Trinajstić information content (AvgIpc) is 3.11. The number of hydrogen-bond acceptors (Lipinski definition) is 4. The third kappa shape index (κ3) is 4.24. The number of benzene rings is 1. The molecule has 30 heavy (non-hydrogen) atoms. The van der Waals surface area contributed by atoms with Crippen LogP contribution in [0.1, 0.15) is 35.5 Å². The zero-order chi connectivity index (χ0) is 21.1. The van der Waals surface area contributed by atoms with Gasteiger partial charge in [0.25, 0.3) is 0 Å². The minimum Gasteiger partial charge on any atom is -0.445 e. The van der Waals surface area contributed by atoms with E-state index in [2.05, 4.69) is 35.5 Å². The van der Waals surface area contributed by atoms with Crippen LogP contribution in [0.15, 0.2) is 60.8 Å². The molecule has 0 N–H and O–H groups in total. The zero-order valence-electron chi connectivity index (χ0n) is 17.6. The van der Waals surface area contributed by atoms with Crippen LogP contribution < -0.4 is 0 Å². The van der Waals surface area contributed by atoms with Crippen LogP contribution in [-0.4, -0.2) is 39.7 Å². The molecule has 3 aromatic rings. The van der Waals surface area contributed by atoms with Crippen molar-refractivity contribution in [2.24, 2.45) is 0 Å². The Labute approximate surface area is 177 Å². The molecule has 2 atom stereocenters. The number of carbonyl (C=O) groups is 1. The lowest BCUT2D eigenvalue weighted by Crippen LogP contribution is -2.48. The smallest absolute Gasteiger partial charge is 0.410 e. The minimum atomic E-state index is -0.317. The average molecular weight is 405 g/mol. The summed E-state index contributed by atoms with van der Waals surface area (Å²) >= 11 is 0.